The molecule has 0 bridgehead atoms. The van der Waals surface area contributed by atoms with Gasteiger partial charge in [0, 0.05) is 71.3 Å². The first-order valence-corrected chi connectivity index (χ1v) is 11.3. The highest BCUT2D eigenvalue weighted by Gasteiger charge is 2.43. The minimum Gasteiger partial charge on any atom is -0.392 e. The normalized spacial score (nSPS) is 26.1. The van der Waals surface area contributed by atoms with Crippen LogP contribution in [0.4, 0.5) is 11.8 Å². The Balaban J connectivity index is 1.45. The summed E-state index contributed by atoms with van der Waals surface area (Å²) in [6.07, 6.45) is 6.09. The third kappa shape index (κ3) is 4.67. The number of hydrogen-bond acceptors (Lipinski definition) is 7. The van der Waals surface area contributed by atoms with E-state index in [1.165, 1.54) is 0 Å². The van der Waals surface area contributed by atoms with E-state index < -0.39 is 0 Å². The summed E-state index contributed by atoms with van der Waals surface area (Å²) in [6.45, 7) is 7.82. The first-order valence-electron chi connectivity index (χ1n) is 11.3. The van der Waals surface area contributed by atoms with E-state index in [1.807, 2.05) is 19.0 Å². The summed E-state index contributed by atoms with van der Waals surface area (Å²) in [5.74, 6) is 1.84. The predicted octanol–water partition coefficient (Wildman–Crippen LogP) is 1.94. The minimum absolute atomic E-state index is 0.204. The number of β-amino-alcohol motifs (C(OH)–C–C–N with tert-alkyl or cyclic N) is 1. The number of aromatic nitrogens is 2. The van der Waals surface area contributed by atoms with Crippen LogP contribution in [-0.2, 0) is 11.2 Å². The van der Waals surface area contributed by atoms with Crippen LogP contribution < -0.4 is 9.80 Å². The van der Waals surface area contributed by atoms with Crippen LogP contribution in [0.15, 0.2) is 6.07 Å². The highest BCUT2D eigenvalue weighted by atomic mass is 16.5. The van der Waals surface area contributed by atoms with Gasteiger partial charge in [0.05, 0.1) is 6.10 Å². The van der Waals surface area contributed by atoms with Crippen LogP contribution >= 0.6 is 0 Å². The molecule has 0 amide bonds. The van der Waals surface area contributed by atoms with Gasteiger partial charge in [0.25, 0.3) is 0 Å². The second-order valence-corrected chi connectivity index (χ2v) is 9.38. The van der Waals surface area contributed by atoms with Gasteiger partial charge in [0.2, 0.25) is 5.95 Å². The quantitative estimate of drug-likeness (QED) is 0.824. The van der Waals surface area contributed by atoms with Gasteiger partial charge in [0.15, 0.2) is 0 Å². The minimum atomic E-state index is -0.204. The molecular formula is C22H37N5O2. The topological polar surface area (TPSA) is 65.0 Å². The number of nitrogens with zero attached hydrogens (tertiary/aromatic N) is 5. The van der Waals surface area contributed by atoms with Gasteiger partial charge >= 0.3 is 0 Å². The summed E-state index contributed by atoms with van der Waals surface area (Å²) in [7, 11) is 4.00. The molecule has 3 fully saturated rings. The molecule has 29 heavy (non-hydrogen) atoms. The Labute approximate surface area is 175 Å². The van der Waals surface area contributed by atoms with Crippen molar-refractivity contribution in [2.45, 2.75) is 57.6 Å². The van der Waals surface area contributed by atoms with Gasteiger partial charge in [-0.15, -0.1) is 0 Å². The Morgan fingerprint density at radius 1 is 1.21 bits per heavy atom. The number of anilines is 2. The van der Waals surface area contributed by atoms with Crippen molar-refractivity contribution in [3.63, 3.8) is 0 Å². The van der Waals surface area contributed by atoms with Crippen molar-refractivity contribution in [3.8, 4) is 0 Å². The molecule has 3 saturated heterocycles. The van der Waals surface area contributed by atoms with Crippen LogP contribution in [0.1, 0.15) is 44.7 Å². The summed E-state index contributed by atoms with van der Waals surface area (Å²) in [6, 6.07) is 2.72. The second kappa shape index (κ2) is 8.74. The Morgan fingerprint density at radius 2 is 1.93 bits per heavy atom. The molecule has 0 aliphatic carbocycles. The maximum atomic E-state index is 10.7. The smallest absolute Gasteiger partial charge is 0.227 e. The molecule has 4 heterocycles. The fraction of sp³-hybridized carbons (Fsp3) is 0.818. The Kier molecular flexibility index (Phi) is 6.27. The van der Waals surface area contributed by atoms with Gasteiger partial charge in [-0.1, -0.05) is 6.92 Å². The van der Waals surface area contributed by atoms with Gasteiger partial charge in [0.1, 0.15) is 5.82 Å². The molecule has 7 nitrogen and oxygen atoms in total. The third-order valence-corrected chi connectivity index (χ3v) is 7.02. The van der Waals surface area contributed by atoms with E-state index in [4.69, 9.17) is 9.72 Å². The van der Waals surface area contributed by atoms with Crippen molar-refractivity contribution >= 4 is 11.8 Å². The molecule has 162 valence electrons. The van der Waals surface area contributed by atoms with Crippen molar-refractivity contribution in [2.75, 3.05) is 63.3 Å². The van der Waals surface area contributed by atoms with Crippen LogP contribution in [0, 0.1) is 5.41 Å². The molecule has 1 aromatic heterocycles. The lowest BCUT2D eigenvalue weighted by molar-refractivity contribution is -0.0602. The fourth-order valence-electron chi connectivity index (χ4n) is 5.31. The lowest BCUT2D eigenvalue weighted by Crippen LogP contribution is -2.57. The number of aryl methyl sites for hydroxylation is 1. The van der Waals surface area contributed by atoms with Gasteiger partial charge in [-0.2, -0.15) is 4.98 Å². The van der Waals surface area contributed by atoms with Crippen LogP contribution in [0.3, 0.4) is 0 Å². The van der Waals surface area contributed by atoms with E-state index in [0.29, 0.717) is 6.04 Å². The second-order valence-electron chi connectivity index (χ2n) is 9.38. The van der Waals surface area contributed by atoms with Crippen molar-refractivity contribution in [1.29, 1.82) is 0 Å². The van der Waals surface area contributed by atoms with Gasteiger partial charge in [-0.25, -0.2) is 4.98 Å². The van der Waals surface area contributed by atoms with E-state index >= 15 is 0 Å². The zero-order valence-corrected chi connectivity index (χ0v) is 18.3. The molecule has 4 rings (SSSR count). The molecule has 0 aromatic carbocycles. The standard InChI is InChI=1S/C22H37N5O2/c1-4-17-13-20(24-21(23-17)25(2)3)26-9-7-22(8-10-26)14-19(28)15-27(16-22)18-5-11-29-12-6-18/h13,18-19,28H,4-12,14-16H2,1-3H3. The lowest BCUT2D eigenvalue weighted by atomic mass is 9.71. The average Bonchev–Trinajstić information content (AvgIpc) is 2.74. The molecule has 1 unspecified atom stereocenters. The molecule has 1 N–H and O–H groups in total. The number of rotatable bonds is 4. The Bertz CT molecular complexity index is 684. The molecule has 0 saturated carbocycles. The van der Waals surface area contributed by atoms with Crippen molar-refractivity contribution < 1.29 is 9.84 Å². The zero-order valence-electron chi connectivity index (χ0n) is 18.3. The molecule has 3 aliphatic rings. The van der Waals surface area contributed by atoms with Crippen molar-refractivity contribution in [1.82, 2.24) is 14.9 Å². The van der Waals surface area contributed by atoms with Gasteiger partial charge in [-0.05, 0) is 43.9 Å². The highest BCUT2D eigenvalue weighted by Crippen LogP contribution is 2.42. The van der Waals surface area contributed by atoms with Crippen LogP contribution in [0.25, 0.3) is 0 Å². The fourth-order valence-corrected chi connectivity index (χ4v) is 5.31. The summed E-state index contributed by atoms with van der Waals surface area (Å²) in [5.41, 5.74) is 1.33. The lowest BCUT2D eigenvalue weighted by Gasteiger charge is -2.51. The van der Waals surface area contributed by atoms with E-state index in [1.54, 1.807) is 0 Å². The molecule has 3 aliphatic heterocycles. The predicted molar refractivity (Wildman–Crippen MR) is 116 cm³/mol. The van der Waals surface area contributed by atoms with Crippen molar-refractivity contribution in [3.05, 3.63) is 11.8 Å². The summed E-state index contributed by atoms with van der Waals surface area (Å²) in [5, 5.41) is 10.7. The number of ether oxygens (including phenoxy) is 1. The molecular weight excluding hydrogens is 366 g/mol. The molecule has 1 aromatic rings. The SMILES string of the molecule is CCc1cc(N2CCC3(CC2)CC(O)CN(C2CCOCC2)C3)nc(N(C)C)n1. The first kappa shape index (κ1) is 20.8. The summed E-state index contributed by atoms with van der Waals surface area (Å²) < 4.78 is 5.55. The monoisotopic (exact) mass is 403 g/mol. The van der Waals surface area contributed by atoms with E-state index in [2.05, 4.69) is 27.8 Å². The van der Waals surface area contributed by atoms with Crippen molar-refractivity contribution in [2.24, 2.45) is 5.41 Å². The number of aliphatic hydroxyl groups excluding tert-OH is 1. The first-order chi connectivity index (χ1) is 14.0. The Hall–Kier alpha value is -1.44. The van der Waals surface area contributed by atoms with E-state index in [0.717, 1.165) is 95.4 Å². The number of likely N-dealkylation sites (tertiary alicyclic amines) is 1. The van der Waals surface area contributed by atoms with E-state index in [-0.39, 0.29) is 11.5 Å². The number of aliphatic hydroxyl groups is 1. The zero-order chi connectivity index (χ0) is 20.4. The molecule has 1 spiro atoms. The number of piperidine rings is 2. The van der Waals surface area contributed by atoms with Gasteiger partial charge < -0.3 is 19.6 Å². The van der Waals surface area contributed by atoms with Crippen LogP contribution in [0.5, 0.6) is 0 Å². The van der Waals surface area contributed by atoms with Crippen LogP contribution in [0.2, 0.25) is 0 Å². The highest BCUT2D eigenvalue weighted by molar-refractivity contribution is 5.46. The molecule has 1 atom stereocenters. The maximum absolute atomic E-state index is 10.7. The van der Waals surface area contributed by atoms with E-state index in [9.17, 15) is 5.11 Å². The average molecular weight is 404 g/mol. The molecule has 7 heteroatoms. The summed E-state index contributed by atoms with van der Waals surface area (Å²) in [4.78, 5) is 16.4. The van der Waals surface area contributed by atoms with Gasteiger partial charge in [-0.3, -0.25) is 4.90 Å². The molecule has 0 radical (unpaired) electrons. The Morgan fingerprint density at radius 3 is 2.59 bits per heavy atom. The maximum Gasteiger partial charge on any atom is 0.227 e. The third-order valence-electron chi connectivity index (χ3n) is 7.02. The summed E-state index contributed by atoms with van der Waals surface area (Å²) >= 11 is 0. The van der Waals surface area contributed by atoms with Crippen LogP contribution in [-0.4, -0.2) is 85.6 Å². The largest absolute Gasteiger partial charge is 0.392 e. The number of hydrogen-bond donors (Lipinski definition) is 1.